The van der Waals surface area contributed by atoms with E-state index in [1.54, 1.807) is 6.08 Å². The number of esters is 1. The highest BCUT2D eigenvalue weighted by molar-refractivity contribution is 5.76. The molecule has 0 aromatic heterocycles. The number of hydrogen-bond acceptors (Lipinski definition) is 5. The van der Waals surface area contributed by atoms with Gasteiger partial charge in [-0.1, -0.05) is 256 Å². The fraction of sp³-hybridized carbons (Fsp3) is 0.895. The van der Waals surface area contributed by atoms with Crippen molar-refractivity contribution in [3.05, 3.63) is 24.3 Å². The number of allylic oxidation sites excluding steroid dienone is 3. The first kappa shape index (κ1) is 61.3. The molecule has 1 amide bonds. The first-order chi connectivity index (χ1) is 31.0. The van der Waals surface area contributed by atoms with E-state index in [4.69, 9.17) is 4.74 Å². The van der Waals surface area contributed by atoms with Crippen LogP contribution < -0.4 is 5.32 Å². The van der Waals surface area contributed by atoms with Crippen LogP contribution in [0.15, 0.2) is 24.3 Å². The van der Waals surface area contributed by atoms with Crippen LogP contribution in [0, 0.1) is 0 Å². The Kier molecular flexibility index (Phi) is 51.6. The molecule has 6 nitrogen and oxygen atoms in total. The zero-order valence-corrected chi connectivity index (χ0v) is 42.3. The van der Waals surface area contributed by atoms with Gasteiger partial charge in [-0.15, -0.1) is 0 Å². The number of carbonyl (C=O) groups is 2. The van der Waals surface area contributed by atoms with Crippen LogP contribution in [-0.4, -0.2) is 47.4 Å². The van der Waals surface area contributed by atoms with Crippen molar-refractivity contribution < 1.29 is 24.5 Å². The molecule has 63 heavy (non-hydrogen) atoms. The third kappa shape index (κ3) is 49.6. The van der Waals surface area contributed by atoms with Gasteiger partial charge < -0.3 is 20.3 Å². The molecule has 2 atom stereocenters. The average Bonchev–Trinajstić information content (AvgIpc) is 3.28. The van der Waals surface area contributed by atoms with Gasteiger partial charge >= 0.3 is 5.97 Å². The number of amides is 1. The highest BCUT2D eigenvalue weighted by Gasteiger charge is 2.18. The molecule has 0 aromatic rings. The maximum atomic E-state index is 12.4. The Morgan fingerprint density at radius 1 is 0.429 bits per heavy atom. The summed E-state index contributed by atoms with van der Waals surface area (Å²) in [4.78, 5) is 24.4. The predicted octanol–water partition coefficient (Wildman–Crippen LogP) is 17.1. The van der Waals surface area contributed by atoms with Gasteiger partial charge in [-0.25, -0.2) is 0 Å². The van der Waals surface area contributed by atoms with Crippen molar-refractivity contribution in [1.29, 1.82) is 0 Å². The molecule has 0 heterocycles. The molecule has 0 saturated carbocycles. The van der Waals surface area contributed by atoms with Gasteiger partial charge in [-0.2, -0.15) is 0 Å². The highest BCUT2D eigenvalue weighted by Crippen LogP contribution is 2.17. The number of ether oxygens (including phenoxy) is 1. The summed E-state index contributed by atoms with van der Waals surface area (Å²) in [5.74, 6) is -0.0690. The predicted molar refractivity (Wildman–Crippen MR) is 273 cm³/mol. The van der Waals surface area contributed by atoms with Crippen LogP contribution in [0.5, 0.6) is 0 Å². The summed E-state index contributed by atoms with van der Waals surface area (Å²) in [6.07, 6.45) is 63.4. The van der Waals surface area contributed by atoms with E-state index >= 15 is 0 Å². The normalized spacial score (nSPS) is 12.8. The third-order valence-corrected chi connectivity index (χ3v) is 13.0. The average molecular weight is 889 g/mol. The number of aliphatic hydroxyl groups excluding tert-OH is 2. The van der Waals surface area contributed by atoms with Gasteiger partial charge in [0.25, 0.3) is 0 Å². The van der Waals surface area contributed by atoms with Crippen LogP contribution in [0.3, 0.4) is 0 Å². The molecule has 0 saturated heterocycles. The minimum absolute atomic E-state index is 0.00125. The van der Waals surface area contributed by atoms with Gasteiger partial charge in [0.2, 0.25) is 5.91 Å². The Bertz CT molecular complexity index is 982. The molecule has 6 heteroatoms. The summed E-state index contributed by atoms with van der Waals surface area (Å²) < 4.78 is 5.47. The SMILES string of the molecule is CCCCCCC/C=C\CCCCCCCC(=O)OCCCCCCCCCCCCCCCCCCCCCCC(=O)NC(CO)C(O)/C=C/CCCCCCCCCCCC. The van der Waals surface area contributed by atoms with Gasteiger partial charge in [0.05, 0.1) is 25.4 Å². The third-order valence-electron chi connectivity index (χ3n) is 13.0. The van der Waals surface area contributed by atoms with E-state index in [0.717, 1.165) is 44.9 Å². The number of unbranched alkanes of at least 4 members (excludes halogenated alkanes) is 39. The molecule has 0 aliphatic carbocycles. The Hall–Kier alpha value is -1.66. The highest BCUT2D eigenvalue weighted by atomic mass is 16.5. The van der Waals surface area contributed by atoms with Crippen LogP contribution in [0.4, 0.5) is 0 Å². The van der Waals surface area contributed by atoms with Crippen LogP contribution in [0.2, 0.25) is 0 Å². The second-order valence-electron chi connectivity index (χ2n) is 19.3. The summed E-state index contributed by atoms with van der Waals surface area (Å²) >= 11 is 0. The van der Waals surface area contributed by atoms with Crippen molar-refractivity contribution in [1.82, 2.24) is 5.32 Å². The number of rotatable bonds is 52. The van der Waals surface area contributed by atoms with Gasteiger partial charge in [-0.3, -0.25) is 9.59 Å². The molecular weight excluding hydrogens is 779 g/mol. The van der Waals surface area contributed by atoms with Crippen molar-refractivity contribution in [3.8, 4) is 0 Å². The van der Waals surface area contributed by atoms with E-state index in [0.29, 0.717) is 19.4 Å². The second-order valence-corrected chi connectivity index (χ2v) is 19.3. The van der Waals surface area contributed by atoms with Crippen LogP contribution >= 0.6 is 0 Å². The van der Waals surface area contributed by atoms with E-state index in [9.17, 15) is 19.8 Å². The number of carbonyl (C=O) groups excluding carboxylic acids is 2. The second kappa shape index (κ2) is 53.0. The molecule has 0 bridgehead atoms. The lowest BCUT2D eigenvalue weighted by molar-refractivity contribution is -0.143. The van der Waals surface area contributed by atoms with Gasteiger partial charge in [-0.05, 0) is 57.8 Å². The van der Waals surface area contributed by atoms with Crippen molar-refractivity contribution >= 4 is 11.9 Å². The minimum atomic E-state index is -0.844. The lowest BCUT2D eigenvalue weighted by Gasteiger charge is -2.20. The van der Waals surface area contributed by atoms with Crippen molar-refractivity contribution in [2.24, 2.45) is 0 Å². The van der Waals surface area contributed by atoms with Crippen LogP contribution in [0.25, 0.3) is 0 Å². The summed E-state index contributed by atoms with van der Waals surface area (Å²) in [5, 5.41) is 23.0. The zero-order chi connectivity index (χ0) is 45.8. The number of nitrogens with one attached hydrogen (secondary N) is 1. The van der Waals surface area contributed by atoms with E-state index in [1.165, 1.54) is 231 Å². The summed E-state index contributed by atoms with van der Waals surface area (Å²) in [6.45, 7) is 4.88. The molecule has 3 N–H and O–H groups in total. The molecule has 0 aliphatic heterocycles. The molecule has 0 rings (SSSR count). The summed E-state index contributed by atoms with van der Waals surface area (Å²) in [6, 6.07) is -0.628. The monoisotopic (exact) mass is 888 g/mol. The van der Waals surface area contributed by atoms with E-state index in [-0.39, 0.29) is 18.5 Å². The fourth-order valence-electron chi connectivity index (χ4n) is 8.63. The molecule has 0 fully saturated rings. The maximum Gasteiger partial charge on any atom is 0.305 e. The van der Waals surface area contributed by atoms with Crippen LogP contribution in [0.1, 0.15) is 303 Å². The first-order valence-electron chi connectivity index (χ1n) is 28.1. The molecular formula is C57H109NO5. The van der Waals surface area contributed by atoms with E-state index in [2.05, 4.69) is 31.3 Å². The fourth-order valence-corrected chi connectivity index (χ4v) is 8.63. The Labute approximate surface area is 392 Å². The van der Waals surface area contributed by atoms with Gasteiger partial charge in [0.15, 0.2) is 0 Å². The van der Waals surface area contributed by atoms with Crippen molar-refractivity contribution in [2.45, 2.75) is 315 Å². The molecule has 0 radical (unpaired) electrons. The van der Waals surface area contributed by atoms with Crippen molar-refractivity contribution in [3.63, 3.8) is 0 Å². The maximum absolute atomic E-state index is 12.4. The molecule has 2 unspecified atom stereocenters. The number of hydrogen-bond donors (Lipinski definition) is 3. The van der Waals surface area contributed by atoms with E-state index < -0.39 is 12.1 Å². The van der Waals surface area contributed by atoms with E-state index in [1.807, 2.05) is 6.08 Å². The Morgan fingerprint density at radius 3 is 1.13 bits per heavy atom. The largest absolute Gasteiger partial charge is 0.466 e. The lowest BCUT2D eigenvalue weighted by atomic mass is 10.0. The lowest BCUT2D eigenvalue weighted by Crippen LogP contribution is -2.45. The summed E-state index contributed by atoms with van der Waals surface area (Å²) in [5.41, 5.74) is 0. The Morgan fingerprint density at radius 2 is 0.746 bits per heavy atom. The molecule has 0 aromatic carbocycles. The topological polar surface area (TPSA) is 95.9 Å². The minimum Gasteiger partial charge on any atom is -0.466 e. The molecule has 0 aliphatic rings. The van der Waals surface area contributed by atoms with Gasteiger partial charge in [0, 0.05) is 12.8 Å². The zero-order valence-electron chi connectivity index (χ0n) is 42.3. The quantitative estimate of drug-likeness (QED) is 0.0321. The molecule has 372 valence electrons. The van der Waals surface area contributed by atoms with Gasteiger partial charge in [0.1, 0.15) is 0 Å². The molecule has 0 spiro atoms. The first-order valence-corrected chi connectivity index (χ1v) is 28.1. The van der Waals surface area contributed by atoms with Crippen LogP contribution in [-0.2, 0) is 14.3 Å². The smallest absolute Gasteiger partial charge is 0.305 e. The number of aliphatic hydroxyl groups is 2. The van der Waals surface area contributed by atoms with Crippen molar-refractivity contribution in [2.75, 3.05) is 13.2 Å². The standard InChI is InChI=1S/C57H109NO5/c1-3-5-7-9-11-13-15-17-27-31-35-39-43-47-51-57(62)63-52-48-44-40-36-32-28-25-23-21-19-18-20-22-24-26-30-34-38-42-46-50-56(61)58-54(53-59)55(60)49-45-41-37-33-29-16-14-12-10-8-6-4-2/h15,17,45,49,54-55,59-60H,3-14,16,18-44,46-48,50-53H2,1-2H3,(H,58,61)/b17-15-,49-45+. The summed E-state index contributed by atoms with van der Waals surface area (Å²) in [7, 11) is 0. The Balaban J connectivity index is 3.40.